The molecule has 0 radical (unpaired) electrons. The zero-order chi connectivity index (χ0) is 23.5. The molecular weight excluding hydrogens is 436 g/mol. The van der Waals surface area contributed by atoms with Crippen LogP contribution in [0.15, 0.2) is 53.4 Å². The van der Waals surface area contributed by atoms with E-state index in [1.807, 2.05) is 0 Å². The lowest BCUT2D eigenvalue weighted by atomic mass is 10.1. The molecule has 170 valence electrons. The smallest absolute Gasteiger partial charge is 0.271 e. The van der Waals surface area contributed by atoms with E-state index >= 15 is 0 Å². The van der Waals surface area contributed by atoms with Crippen molar-refractivity contribution in [2.75, 3.05) is 29.9 Å². The molecular formula is C21H24N4O6S. The molecule has 0 saturated carbocycles. The number of non-ortho nitro benzene ring substituents is 1. The predicted molar refractivity (Wildman–Crippen MR) is 119 cm³/mol. The van der Waals surface area contributed by atoms with Crippen LogP contribution in [0.25, 0.3) is 0 Å². The molecule has 1 fully saturated rings. The van der Waals surface area contributed by atoms with Gasteiger partial charge in [0.1, 0.15) is 0 Å². The number of nitrogens with zero attached hydrogens (tertiary/aromatic N) is 3. The van der Waals surface area contributed by atoms with Crippen LogP contribution >= 0.6 is 0 Å². The van der Waals surface area contributed by atoms with Gasteiger partial charge in [-0.1, -0.05) is 19.9 Å². The minimum Gasteiger partial charge on any atom is -0.326 e. The Kier molecular flexibility index (Phi) is 6.90. The van der Waals surface area contributed by atoms with E-state index in [4.69, 9.17) is 0 Å². The molecule has 0 bridgehead atoms. The SMILES string of the molecule is CCN(CC)S(=O)(=O)c1ccc(N2CC(C(=O)Nc3cccc([N+](=O)[O-])c3)CC2=O)cc1. The van der Waals surface area contributed by atoms with Gasteiger partial charge in [0, 0.05) is 49.6 Å². The Hall–Kier alpha value is -3.31. The van der Waals surface area contributed by atoms with Gasteiger partial charge in [-0.25, -0.2) is 8.42 Å². The predicted octanol–water partition coefficient (Wildman–Crippen LogP) is 2.62. The summed E-state index contributed by atoms with van der Waals surface area (Å²) in [4.78, 5) is 37.0. The van der Waals surface area contributed by atoms with Gasteiger partial charge < -0.3 is 10.2 Å². The zero-order valence-electron chi connectivity index (χ0n) is 17.7. The summed E-state index contributed by atoms with van der Waals surface area (Å²) >= 11 is 0. The largest absolute Gasteiger partial charge is 0.326 e. The van der Waals surface area contributed by atoms with Gasteiger partial charge in [-0.15, -0.1) is 0 Å². The van der Waals surface area contributed by atoms with E-state index in [1.165, 1.54) is 45.6 Å². The van der Waals surface area contributed by atoms with Crippen molar-refractivity contribution in [3.05, 3.63) is 58.6 Å². The molecule has 0 aromatic heterocycles. The third-order valence-electron chi connectivity index (χ3n) is 5.31. The number of benzene rings is 2. The molecule has 3 rings (SSSR count). The normalized spacial score (nSPS) is 16.4. The van der Waals surface area contributed by atoms with Gasteiger partial charge in [-0.2, -0.15) is 4.31 Å². The highest BCUT2D eigenvalue weighted by molar-refractivity contribution is 7.89. The molecule has 1 heterocycles. The highest BCUT2D eigenvalue weighted by Crippen LogP contribution is 2.28. The lowest BCUT2D eigenvalue weighted by molar-refractivity contribution is -0.384. The van der Waals surface area contributed by atoms with Gasteiger partial charge in [0.15, 0.2) is 0 Å². The van der Waals surface area contributed by atoms with Crippen LogP contribution in [0.3, 0.4) is 0 Å². The van der Waals surface area contributed by atoms with Crippen LogP contribution in [0.2, 0.25) is 0 Å². The van der Waals surface area contributed by atoms with Crippen molar-refractivity contribution >= 4 is 38.9 Å². The number of carbonyl (C=O) groups excluding carboxylic acids is 2. The van der Waals surface area contributed by atoms with E-state index in [9.17, 15) is 28.1 Å². The minimum atomic E-state index is -3.61. The van der Waals surface area contributed by atoms with E-state index in [1.54, 1.807) is 26.0 Å². The standard InChI is InChI=1S/C21H24N4O6S/c1-3-23(4-2)32(30,31)19-10-8-17(9-11-19)24-14-15(12-20(24)26)21(27)22-16-6-5-7-18(13-16)25(28)29/h5-11,13,15H,3-4,12,14H2,1-2H3,(H,22,27). The molecule has 0 spiro atoms. The minimum absolute atomic E-state index is 0.0136. The van der Waals surface area contributed by atoms with E-state index in [2.05, 4.69) is 5.32 Å². The Morgan fingerprint density at radius 3 is 2.44 bits per heavy atom. The van der Waals surface area contributed by atoms with Crippen molar-refractivity contribution in [2.45, 2.75) is 25.2 Å². The summed E-state index contributed by atoms with van der Waals surface area (Å²) in [6, 6.07) is 11.6. The first kappa shape index (κ1) is 23.4. The topological polar surface area (TPSA) is 130 Å². The van der Waals surface area contributed by atoms with E-state index in [0.29, 0.717) is 18.8 Å². The summed E-state index contributed by atoms with van der Waals surface area (Å²) < 4.78 is 26.6. The van der Waals surface area contributed by atoms with Gasteiger partial charge in [-0.3, -0.25) is 19.7 Å². The number of carbonyl (C=O) groups is 2. The summed E-state index contributed by atoms with van der Waals surface area (Å²) in [6.07, 6.45) is -0.0136. The molecule has 1 aliphatic heterocycles. The first-order chi connectivity index (χ1) is 15.2. The van der Waals surface area contributed by atoms with Crippen LogP contribution in [0.1, 0.15) is 20.3 Å². The second-order valence-corrected chi connectivity index (χ2v) is 9.22. The van der Waals surface area contributed by atoms with Gasteiger partial charge in [0.2, 0.25) is 21.8 Å². The Morgan fingerprint density at radius 2 is 1.84 bits per heavy atom. The maximum Gasteiger partial charge on any atom is 0.271 e. The fourth-order valence-electron chi connectivity index (χ4n) is 3.58. The number of hydrogen-bond acceptors (Lipinski definition) is 6. The number of nitrogens with one attached hydrogen (secondary N) is 1. The molecule has 1 saturated heterocycles. The van der Waals surface area contributed by atoms with Crippen molar-refractivity contribution in [1.82, 2.24) is 4.31 Å². The van der Waals surface area contributed by atoms with Gasteiger partial charge in [0.05, 0.1) is 15.7 Å². The van der Waals surface area contributed by atoms with E-state index < -0.39 is 26.8 Å². The Balaban J connectivity index is 1.71. The Morgan fingerprint density at radius 1 is 1.19 bits per heavy atom. The van der Waals surface area contributed by atoms with Crippen LogP contribution in [0.4, 0.5) is 17.1 Å². The third kappa shape index (κ3) is 4.78. The van der Waals surface area contributed by atoms with Crippen molar-refractivity contribution in [1.29, 1.82) is 0 Å². The number of rotatable bonds is 8. The lowest BCUT2D eigenvalue weighted by Crippen LogP contribution is -2.31. The van der Waals surface area contributed by atoms with E-state index in [0.717, 1.165) is 0 Å². The number of hydrogen-bond donors (Lipinski definition) is 1. The zero-order valence-corrected chi connectivity index (χ0v) is 18.5. The highest BCUT2D eigenvalue weighted by atomic mass is 32.2. The second-order valence-electron chi connectivity index (χ2n) is 7.29. The van der Waals surface area contributed by atoms with E-state index in [-0.39, 0.29) is 35.1 Å². The number of nitro groups is 1. The van der Waals surface area contributed by atoms with Crippen LogP contribution < -0.4 is 10.2 Å². The summed E-state index contributed by atoms with van der Waals surface area (Å²) in [5, 5.41) is 13.5. The fourth-order valence-corrected chi connectivity index (χ4v) is 5.04. The molecule has 1 atom stereocenters. The molecule has 2 aromatic carbocycles. The van der Waals surface area contributed by atoms with Crippen molar-refractivity contribution in [3.8, 4) is 0 Å². The number of amides is 2. The van der Waals surface area contributed by atoms with Crippen molar-refractivity contribution < 1.29 is 22.9 Å². The molecule has 32 heavy (non-hydrogen) atoms. The Labute approximate surface area is 186 Å². The summed E-state index contributed by atoms with van der Waals surface area (Å²) in [5.41, 5.74) is 0.631. The summed E-state index contributed by atoms with van der Waals surface area (Å²) in [6.45, 7) is 4.36. The average Bonchev–Trinajstić information content (AvgIpc) is 3.16. The summed E-state index contributed by atoms with van der Waals surface area (Å²) in [7, 11) is -3.61. The first-order valence-electron chi connectivity index (χ1n) is 10.1. The third-order valence-corrected chi connectivity index (χ3v) is 7.38. The quantitative estimate of drug-likeness (QED) is 0.476. The van der Waals surface area contributed by atoms with Crippen LogP contribution in [0.5, 0.6) is 0 Å². The maximum absolute atomic E-state index is 12.6. The van der Waals surface area contributed by atoms with Crippen molar-refractivity contribution in [2.24, 2.45) is 5.92 Å². The van der Waals surface area contributed by atoms with Crippen molar-refractivity contribution in [3.63, 3.8) is 0 Å². The first-order valence-corrected chi connectivity index (χ1v) is 11.6. The molecule has 0 aliphatic carbocycles. The monoisotopic (exact) mass is 460 g/mol. The number of nitro benzene ring substituents is 1. The second kappa shape index (κ2) is 9.45. The lowest BCUT2D eigenvalue weighted by Gasteiger charge is -2.20. The number of anilines is 2. The average molecular weight is 461 g/mol. The van der Waals surface area contributed by atoms with Crippen LogP contribution in [-0.4, -0.2) is 49.1 Å². The van der Waals surface area contributed by atoms with Gasteiger partial charge in [-0.05, 0) is 30.3 Å². The number of sulfonamides is 1. The molecule has 10 nitrogen and oxygen atoms in total. The fraction of sp³-hybridized carbons (Fsp3) is 0.333. The molecule has 2 amide bonds. The molecule has 1 aliphatic rings. The van der Waals surface area contributed by atoms with Crippen LogP contribution in [-0.2, 0) is 19.6 Å². The Bertz CT molecular complexity index is 1130. The van der Waals surface area contributed by atoms with Gasteiger partial charge >= 0.3 is 0 Å². The van der Waals surface area contributed by atoms with Crippen LogP contribution in [0, 0.1) is 16.0 Å². The highest BCUT2D eigenvalue weighted by Gasteiger charge is 2.35. The maximum atomic E-state index is 12.6. The molecule has 11 heteroatoms. The summed E-state index contributed by atoms with van der Waals surface area (Å²) in [5.74, 6) is -1.31. The molecule has 2 aromatic rings. The molecule has 1 unspecified atom stereocenters. The molecule has 1 N–H and O–H groups in total. The van der Waals surface area contributed by atoms with Gasteiger partial charge in [0.25, 0.3) is 5.69 Å².